The van der Waals surface area contributed by atoms with Crippen LogP contribution in [-0.2, 0) is 14.3 Å². The summed E-state index contributed by atoms with van der Waals surface area (Å²) in [5.41, 5.74) is 6.99. The molecule has 0 fully saturated rings. The average molecular weight is 400 g/mol. The number of carbonyl (C=O) groups is 1. The smallest absolute Gasteiger partial charge is 0.338 e. The lowest BCUT2D eigenvalue weighted by molar-refractivity contribution is -0.139. The van der Waals surface area contributed by atoms with E-state index in [1.807, 2.05) is 0 Å². The van der Waals surface area contributed by atoms with Crippen molar-refractivity contribution in [3.05, 3.63) is 46.6 Å². The lowest BCUT2D eigenvalue weighted by atomic mass is 9.83. The number of benzene rings is 1. The van der Waals surface area contributed by atoms with E-state index < -0.39 is 11.9 Å². The number of unbranched alkanes of at least 4 members (excludes halogenated alkanes) is 2. The van der Waals surface area contributed by atoms with Gasteiger partial charge in [-0.2, -0.15) is 5.26 Å². The second-order valence-electron chi connectivity index (χ2n) is 6.58. The highest BCUT2D eigenvalue weighted by atomic mass is 16.5. The molecule has 156 valence electrons. The van der Waals surface area contributed by atoms with E-state index >= 15 is 0 Å². The Morgan fingerprint density at radius 1 is 1.28 bits per heavy atom. The van der Waals surface area contributed by atoms with E-state index in [1.165, 1.54) is 0 Å². The fourth-order valence-corrected chi connectivity index (χ4v) is 3.21. The van der Waals surface area contributed by atoms with Crippen molar-refractivity contribution in [3.8, 4) is 17.6 Å². The van der Waals surface area contributed by atoms with Gasteiger partial charge in [0.1, 0.15) is 17.4 Å². The lowest BCUT2D eigenvalue weighted by Crippen LogP contribution is -2.25. The summed E-state index contributed by atoms with van der Waals surface area (Å²) in [5.74, 6) is 0.145. The van der Waals surface area contributed by atoms with E-state index in [2.05, 4.69) is 13.0 Å². The van der Waals surface area contributed by atoms with Gasteiger partial charge in [-0.1, -0.05) is 25.8 Å². The van der Waals surface area contributed by atoms with Crippen LogP contribution in [0.1, 0.15) is 51.5 Å². The SMILES string of the molecule is CCCCCOc1ccc(C2C(C#N)=C(N)OC(C)=C2C(=O)OCC)cc1OC. The molecule has 0 saturated heterocycles. The molecule has 1 aromatic carbocycles. The van der Waals surface area contributed by atoms with Crippen molar-refractivity contribution in [1.29, 1.82) is 5.26 Å². The predicted molar refractivity (Wildman–Crippen MR) is 108 cm³/mol. The van der Waals surface area contributed by atoms with E-state index in [-0.39, 0.29) is 23.6 Å². The molecule has 1 aliphatic rings. The third-order valence-corrected chi connectivity index (χ3v) is 4.63. The van der Waals surface area contributed by atoms with Crippen LogP contribution in [0.5, 0.6) is 11.5 Å². The minimum Gasteiger partial charge on any atom is -0.493 e. The van der Waals surface area contributed by atoms with Crippen LogP contribution in [0.15, 0.2) is 41.0 Å². The van der Waals surface area contributed by atoms with Crippen LogP contribution < -0.4 is 15.2 Å². The predicted octanol–water partition coefficient (Wildman–Crippen LogP) is 3.91. The highest BCUT2D eigenvalue weighted by Gasteiger charge is 2.36. The summed E-state index contributed by atoms with van der Waals surface area (Å²) in [7, 11) is 1.55. The number of allylic oxidation sites excluding steroid dienone is 2. The van der Waals surface area contributed by atoms with Crippen LogP contribution in [-0.4, -0.2) is 26.3 Å². The second-order valence-corrected chi connectivity index (χ2v) is 6.58. The fourth-order valence-electron chi connectivity index (χ4n) is 3.21. The van der Waals surface area contributed by atoms with E-state index in [0.29, 0.717) is 29.4 Å². The molecule has 29 heavy (non-hydrogen) atoms. The monoisotopic (exact) mass is 400 g/mol. The number of hydrogen-bond donors (Lipinski definition) is 1. The van der Waals surface area contributed by atoms with Crippen molar-refractivity contribution in [1.82, 2.24) is 0 Å². The number of hydrogen-bond acceptors (Lipinski definition) is 7. The van der Waals surface area contributed by atoms with Gasteiger partial charge in [-0.15, -0.1) is 0 Å². The van der Waals surface area contributed by atoms with Gasteiger partial charge in [0.15, 0.2) is 11.5 Å². The number of carbonyl (C=O) groups excluding carboxylic acids is 1. The number of rotatable bonds is 9. The summed E-state index contributed by atoms with van der Waals surface area (Å²) in [4.78, 5) is 12.6. The number of methoxy groups -OCH3 is 1. The first-order valence-corrected chi connectivity index (χ1v) is 9.74. The maximum Gasteiger partial charge on any atom is 0.338 e. The van der Waals surface area contributed by atoms with Crippen LogP contribution in [0.4, 0.5) is 0 Å². The number of nitrogens with zero attached hydrogens (tertiary/aromatic N) is 1. The molecule has 1 unspecified atom stereocenters. The molecule has 7 nitrogen and oxygen atoms in total. The normalized spacial score (nSPS) is 16.2. The summed E-state index contributed by atoms with van der Waals surface area (Å²) >= 11 is 0. The van der Waals surface area contributed by atoms with Gasteiger partial charge in [0, 0.05) is 0 Å². The van der Waals surface area contributed by atoms with Crippen LogP contribution in [0, 0.1) is 11.3 Å². The lowest BCUT2D eigenvalue weighted by Gasteiger charge is -2.27. The standard InChI is InChI=1S/C22H28N2O5/c1-5-7-8-11-28-17-10-9-15(12-18(17)26-4)20-16(13-23)21(24)29-14(3)19(20)22(25)27-6-2/h9-10,12,20H,5-8,11,24H2,1-4H3. The van der Waals surface area contributed by atoms with Crippen molar-refractivity contribution in [3.63, 3.8) is 0 Å². The van der Waals surface area contributed by atoms with Crippen molar-refractivity contribution in [2.75, 3.05) is 20.3 Å². The number of nitriles is 1. The van der Waals surface area contributed by atoms with E-state index in [0.717, 1.165) is 19.3 Å². The maximum atomic E-state index is 12.6. The molecule has 1 aliphatic heterocycles. The second kappa shape index (κ2) is 10.4. The highest BCUT2D eigenvalue weighted by Crippen LogP contribution is 2.42. The molecule has 1 heterocycles. The molecule has 7 heteroatoms. The van der Waals surface area contributed by atoms with Crippen molar-refractivity contribution in [2.24, 2.45) is 5.73 Å². The molecule has 0 radical (unpaired) electrons. The molecule has 0 bridgehead atoms. The van der Waals surface area contributed by atoms with Gasteiger partial charge in [0.2, 0.25) is 5.88 Å². The van der Waals surface area contributed by atoms with E-state index in [1.54, 1.807) is 39.2 Å². The number of ether oxygens (including phenoxy) is 4. The first kappa shape index (κ1) is 22.2. The Kier molecular flexibility index (Phi) is 7.96. The van der Waals surface area contributed by atoms with E-state index in [9.17, 15) is 10.1 Å². The Morgan fingerprint density at radius 2 is 2.03 bits per heavy atom. The summed E-state index contributed by atoms with van der Waals surface area (Å²) in [6.07, 6.45) is 3.15. The van der Waals surface area contributed by atoms with Gasteiger partial charge in [-0.05, 0) is 38.0 Å². The van der Waals surface area contributed by atoms with Gasteiger partial charge in [0.05, 0.1) is 31.8 Å². The van der Waals surface area contributed by atoms with E-state index in [4.69, 9.17) is 24.7 Å². The summed E-state index contributed by atoms with van der Waals surface area (Å²) in [6, 6.07) is 7.39. The Morgan fingerprint density at radius 3 is 2.66 bits per heavy atom. The zero-order valence-corrected chi connectivity index (χ0v) is 17.4. The zero-order valence-electron chi connectivity index (χ0n) is 17.4. The van der Waals surface area contributed by atoms with Gasteiger partial charge in [-0.3, -0.25) is 0 Å². The minimum atomic E-state index is -0.712. The largest absolute Gasteiger partial charge is 0.493 e. The zero-order chi connectivity index (χ0) is 21.4. The molecular formula is C22H28N2O5. The Balaban J connectivity index is 2.45. The van der Waals surface area contributed by atoms with Crippen molar-refractivity contribution >= 4 is 5.97 Å². The van der Waals surface area contributed by atoms with Gasteiger partial charge in [0.25, 0.3) is 0 Å². The van der Waals surface area contributed by atoms with Crippen LogP contribution in [0.25, 0.3) is 0 Å². The van der Waals surface area contributed by atoms with Crippen molar-refractivity contribution in [2.45, 2.75) is 46.0 Å². The summed E-state index contributed by atoms with van der Waals surface area (Å²) < 4.78 is 21.9. The molecule has 0 aliphatic carbocycles. The molecule has 0 saturated carbocycles. The van der Waals surface area contributed by atoms with Crippen LogP contribution >= 0.6 is 0 Å². The van der Waals surface area contributed by atoms with Gasteiger partial charge < -0.3 is 24.7 Å². The Labute approximate surface area is 171 Å². The van der Waals surface area contributed by atoms with Crippen molar-refractivity contribution < 1.29 is 23.7 Å². The van der Waals surface area contributed by atoms with Gasteiger partial charge >= 0.3 is 5.97 Å². The minimum absolute atomic E-state index is 0.0260. The molecule has 0 spiro atoms. The van der Waals surface area contributed by atoms with Gasteiger partial charge in [-0.25, -0.2) is 4.79 Å². The number of nitrogens with two attached hydrogens (primary N) is 1. The third-order valence-electron chi connectivity index (χ3n) is 4.63. The first-order chi connectivity index (χ1) is 14.0. The number of esters is 1. The first-order valence-electron chi connectivity index (χ1n) is 9.74. The van der Waals surface area contributed by atoms with Crippen LogP contribution in [0.3, 0.4) is 0 Å². The van der Waals surface area contributed by atoms with Crippen LogP contribution in [0.2, 0.25) is 0 Å². The highest BCUT2D eigenvalue weighted by molar-refractivity contribution is 5.92. The third kappa shape index (κ3) is 5.02. The molecular weight excluding hydrogens is 372 g/mol. The topological polar surface area (TPSA) is 104 Å². The summed E-state index contributed by atoms with van der Waals surface area (Å²) in [6.45, 7) is 6.27. The average Bonchev–Trinajstić information content (AvgIpc) is 2.70. The molecule has 0 amide bonds. The Bertz CT molecular complexity index is 851. The quantitative estimate of drug-likeness (QED) is 0.495. The summed E-state index contributed by atoms with van der Waals surface area (Å²) in [5, 5.41) is 9.66. The molecule has 2 rings (SSSR count). The Hall–Kier alpha value is -3.14. The molecule has 2 N–H and O–H groups in total. The molecule has 1 atom stereocenters. The molecule has 0 aromatic heterocycles. The fraction of sp³-hybridized carbons (Fsp3) is 0.455. The maximum absolute atomic E-state index is 12.6. The molecule has 1 aromatic rings.